The number of ketones is 1. The van der Waals surface area contributed by atoms with E-state index in [1.807, 2.05) is 12.1 Å². The smallest absolute Gasteiger partial charge is 0.162 e. The fraction of sp³-hybridized carbons (Fsp3) is 0.500. The van der Waals surface area contributed by atoms with Crippen LogP contribution in [0.1, 0.15) is 43.0 Å². The standard InChI is InChI=1S/C14H20ClNO/c1-2-11(8-9-16)6-7-14(17)12-4-3-5-13(15)10-12/h3-5,10-11H,2,6-9,16H2,1H3. The summed E-state index contributed by atoms with van der Waals surface area (Å²) in [6, 6.07) is 7.14. The minimum absolute atomic E-state index is 0.169. The van der Waals surface area contributed by atoms with Gasteiger partial charge in [0.2, 0.25) is 0 Å². The molecule has 0 fully saturated rings. The molecule has 3 heteroatoms. The number of hydrogen-bond acceptors (Lipinski definition) is 2. The molecule has 0 saturated carbocycles. The van der Waals surface area contributed by atoms with Gasteiger partial charge in [0.1, 0.15) is 0 Å². The summed E-state index contributed by atoms with van der Waals surface area (Å²) in [7, 11) is 0. The van der Waals surface area contributed by atoms with Crippen molar-refractivity contribution in [2.75, 3.05) is 6.54 Å². The molecule has 0 aromatic heterocycles. The Morgan fingerprint density at radius 3 is 2.76 bits per heavy atom. The zero-order chi connectivity index (χ0) is 12.7. The summed E-state index contributed by atoms with van der Waals surface area (Å²) >= 11 is 5.86. The second-order valence-electron chi connectivity index (χ2n) is 4.32. The second-order valence-corrected chi connectivity index (χ2v) is 4.76. The van der Waals surface area contributed by atoms with Gasteiger partial charge in [-0.2, -0.15) is 0 Å². The number of carbonyl (C=O) groups is 1. The van der Waals surface area contributed by atoms with Crippen molar-refractivity contribution in [2.45, 2.75) is 32.6 Å². The van der Waals surface area contributed by atoms with Crippen molar-refractivity contribution in [3.63, 3.8) is 0 Å². The Hall–Kier alpha value is -0.860. The van der Waals surface area contributed by atoms with Gasteiger partial charge >= 0.3 is 0 Å². The molecular weight excluding hydrogens is 234 g/mol. The second kappa shape index (κ2) is 7.46. The van der Waals surface area contributed by atoms with E-state index in [2.05, 4.69) is 6.92 Å². The molecule has 1 unspecified atom stereocenters. The number of hydrogen-bond donors (Lipinski definition) is 1. The molecule has 0 aliphatic rings. The Morgan fingerprint density at radius 2 is 2.18 bits per heavy atom. The van der Waals surface area contributed by atoms with Crippen LogP contribution >= 0.6 is 11.6 Å². The normalized spacial score (nSPS) is 12.4. The number of halogens is 1. The SMILES string of the molecule is CCC(CCN)CCC(=O)c1cccc(Cl)c1. The van der Waals surface area contributed by atoms with Gasteiger partial charge in [0, 0.05) is 17.0 Å². The lowest BCUT2D eigenvalue weighted by Crippen LogP contribution is -2.10. The summed E-state index contributed by atoms with van der Waals surface area (Å²) in [5.41, 5.74) is 6.25. The fourth-order valence-corrected chi connectivity index (χ4v) is 2.12. The lowest BCUT2D eigenvalue weighted by molar-refractivity contribution is 0.0972. The number of nitrogens with two attached hydrogens (primary N) is 1. The molecule has 0 heterocycles. The first-order chi connectivity index (χ1) is 8.17. The third kappa shape index (κ3) is 4.88. The highest BCUT2D eigenvalue weighted by Crippen LogP contribution is 2.18. The maximum absolute atomic E-state index is 11.9. The van der Waals surface area contributed by atoms with E-state index in [4.69, 9.17) is 17.3 Å². The summed E-state index contributed by atoms with van der Waals surface area (Å²) in [6.07, 6.45) is 3.58. The van der Waals surface area contributed by atoms with Crippen LogP contribution in [0.2, 0.25) is 5.02 Å². The highest BCUT2D eigenvalue weighted by atomic mass is 35.5. The predicted octanol–water partition coefficient (Wildman–Crippen LogP) is 3.68. The van der Waals surface area contributed by atoms with Gasteiger partial charge < -0.3 is 5.73 Å². The van der Waals surface area contributed by atoms with Crippen LogP contribution in [0.25, 0.3) is 0 Å². The fourth-order valence-electron chi connectivity index (χ4n) is 1.93. The molecule has 17 heavy (non-hydrogen) atoms. The van der Waals surface area contributed by atoms with Gasteiger partial charge in [0.05, 0.1) is 0 Å². The van der Waals surface area contributed by atoms with Crippen molar-refractivity contribution < 1.29 is 4.79 Å². The average Bonchev–Trinajstić information content (AvgIpc) is 2.34. The van der Waals surface area contributed by atoms with Crippen molar-refractivity contribution in [1.82, 2.24) is 0 Å². The van der Waals surface area contributed by atoms with Gasteiger partial charge in [-0.25, -0.2) is 0 Å². The average molecular weight is 254 g/mol. The zero-order valence-corrected chi connectivity index (χ0v) is 11.0. The largest absolute Gasteiger partial charge is 0.330 e. The number of carbonyl (C=O) groups excluding carboxylic acids is 1. The molecule has 0 bridgehead atoms. The van der Waals surface area contributed by atoms with Crippen molar-refractivity contribution in [1.29, 1.82) is 0 Å². The van der Waals surface area contributed by atoms with Crippen LogP contribution in [0.5, 0.6) is 0 Å². The van der Waals surface area contributed by atoms with Crippen LogP contribution in [0, 0.1) is 5.92 Å². The Bertz CT molecular complexity index is 365. The van der Waals surface area contributed by atoms with E-state index < -0.39 is 0 Å². The summed E-state index contributed by atoms with van der Waals surface area (Å²) in [5.74, 6) is 0.728. The Balaban J connectivity index is 2.49. The maximum atomic E-state index is 11.9. The van der Waals surface area contributed by atoms with E-state index in [0.29, 0.717) is 29.5 Å². The van der Waals surface area contributed by atoms with Gasteiger partial charge in [-0.3, -0.25) is 4.79 Å². The topological polar surface area (TPSA) is 43.1 Å². The summed E-state index contributed by atoms with van der Waals surface area (Å²) < 4.78 is 0. The van der Waals surface area contributed by atoms with Crippen LogP contribution in [-0.4, -0.2) is 12.3 Å². The lowest BCUT2D eigenvalue weighted by atomic mass is 9.94. The first-order valence-corrected chi connectivity index (χ1v) is 6.54. The van der Waals surface area contributed by atoms with E-state index in [-0.39, 0.29) is 5.78 Å². The van der Waals surface area contributed by atoms with Gasteiger partial charge in [0.15, 0.2) is 5.78 Å². The third-order valence-electron chi connectivity index (χ3n) is 3.08. The number of rotatable bonds is 7. The Labute approximate surface area is 108 Å². The Morgan fingerprint density at radius 1 is 1.41 bits per heavy atom. The molecule has 1 aromatic carbocycles. The minimum Gasteiger partial charge on any atom is -0.330 e. The van der Waals surface area contributed by atoms with Gasteiger partial charge in [-0.05, 0) is 37.4 Å². The third-order valence-corrected chi connectivity index (χ3v) is 3.31. The Kier molecular flexibility index (Phi) is 6.23. The molecule has 0 aliphatic heterocycles. The summed E-state index contributed by atoms with van der Waals surface area (Å²) in [4.78, 5) is 11.9. The molecular formula is C14H20ClNO. The van der Waals surface area contributed by atoms with Crippen molar-refractivity contribution in [3.8, 4) is 0 Å². The molecule has 0 radical (unpaired) electrons. The molecule has 2 N–H and O–H groups in total. The van der Waals surface area contributed by atoms with Crippen LogP contribution in [-0.2, 0) is 0 Å². The van der Waals surface area contributed by atoms with Crippen LogP contribution in [0.3, 0.4) is 0 Å². The van der Waals surface area contributed by atoms with E-state index in [1.54, 1.807) is 12.1 Å². The summed E-state index contributed by atoms with van der Waals surface area (Å²) in [6.45, 7) is 2.84. The number of benzene rings is 1. The van der Waals surface area contributed by atoms with Crippen molar-refractivity contribution in [3.05, 3.63) is 34.9 Å². The van der Waals surface area contributed by atoms with Gasteiger partial charge in [-0.1, -0.05) is 37.1 Å². The van der Waals surface area contributed by atoms with Gasteiger partial charge in [0.25, 0.3) is 0 Å². The molecule has 0 saturated heterocycles. The first-order valence-electron chi connectivity index (χ1n) is 6.16. The number of Topliss-reactive ketones (excluding diaryl/α,β-unsaturated/α-hetero) is 1. The quantitative estimate of drug-likeness (QED) is 0.754. The van der Waals surface area contributed by atoms with Crippen LogP contribution in [0.15, 0.2) is 24.3 Å². The van der Waals surface area contributed by atoms with E-state index >= 15 is 0 Å². The molecule has 94 valence electrons. The van der Waals surface area contributed by atoms with E-state index in [9.17, 15) is 4.79 Å². The van der Waals surface area contributed by atoms with Crippen LogP contribution < -0.4 is 5.73 Å². The molecule has 1 rings (SSSR count). The molecule has 1 aromatic rings. The highest BCUT2D eigenvalue weighted by Gasteiger charge is 2.10. The van der Waals surface area contributed by atoms with Crippen LogP contribution in [0.4, 0.5) is 0 Å². The minimum atomic E-state index is 0.169. The summed E-state index contributed by atoms with van der Waals surface area (Å²) in [5, 5.41) is 0.616. The van der Waals surface area contributed by atoms with Crippen molar-refractivity contribution >= 4 is 17.4 Å². The molecule has 2 nitrogen and oxygen atoms in total. The lowest BCUT2D eigenvalue weighted by Gasteiger charge is -2.12. The monoisotopic (exact) mass is 253 g/mol. The molecule has 0 amide bonds. The predicted molar refractivity (Wildman–Crippen MR) is 72.5 cm³/mol. The zero-order valence-electron chi connectivity index (χ0n) is 10.3. The van der Waals surface area contributed by atoms with Gasteiger partial charge in [-0.15, -0.1) is 0 Å². The van der Waals surface area contributed by atoms with Crippen molar-refractivity contribution in [2.24, 2.45) is 11.7 Å². The maximum Gasteiger partial charge on any atom is 0.162 e. The first kappa shape index (κ1) is 14.2. The highest BCUT2D eigenvalue weighted by molar-refractivity contribution is 6.31. The molecule has 1 atom stereocenters. The molecule has 0 spiro atoms. The van der Waals surface area contributed by atoms with E-state index in [0.717, 1.165) is 19.3 Å². The van der Waals surface area contributed by atoms with E-state index in [1.165, 1.54) is 0 Å². The molecule has 0 aliphatic carbocycles.